The Morgan fingerprint density at radius 2 is 1.16 bits per heavy atom. The first kappa shape index (κ1) is 21.5. The molecule has 0 saturated carbocycles. The standard InChI is InChI=1S/C35H26N2/c1-36-35-31(24-12-4-2-5-13-24)22-25-14-8-9-17-28(25)34(35)26-20-21-30-29-18-10-11-19-32(29)37(33(30)23-26)27-15-6-3-7-16-27/h2-23,36H,1H3. The number of aromatic nitrogens is 1. The van der Waals surface area contributed by atoms with Gasteiger partial charge >= 0.3 is 0 Å². The van der Waals surface area contributed by atoms with E-state index < -0.39 is 0 Å². The second kappa shape index (κ2) is 8.69. The van der Waals surface area contributed by atoms with Gasteiger partial charge < -0.3 is 9.88 Å². The fourth-order valence-electron chi connectivity index (χ4n) is 5.73. The van der Waals surface area contributed by atoms with Crippen molar-refractivity contribution in [1.82, 2.24) is 4.57 Å². The van der Waals surface area contributed by atoms with Crippen LogP contribution >= 0.6 is 0 Å². The van der Waals surface area contributed by atoms with Gasteiger partial charge in [-0.3, -0.25) is 0 Å². The zero-order valence-electron chi connectivity index (χ0n) is 20.6. The maximum Gasteiger partial charge on any atom is 0.0547 e. The van der Waals surface area contributed by atoms with Crippen molar-refractivity contribution in [2.24, 2.45) is 0 Å². The van der Waals surface area contributed by atoms with Crippen LogP contribution in [0.1, 0.15) is 0 Å². The van der Waals surface area contributed by atoms with Crippen LogP contribution in [0.4, 0.5) is 5.69 Å². The van der Waals surface area contributed by atoms with Gasteiger partial charge in [0, 0.05) is 34.6 Å². The lowest BCUT2D eigenvalue weighted by molar-refractivity contribution is 1.18. The molecule has 37 heavy (non-hydrogen) atoms. The average molecular weight is 475 g/mol. The van der Waals surface area contributed by atoms with E-state index in [2.05, 4.69) is 143 Å². The van der Waals surface area contributed by atoms with Crippen molar-refractivity contribution in [3.8, 4) is 27.9 Å². The summed E-state index contributed by atoms with van der Waals surface area (Å²) in [6, 6.07) is 47.9. The number of hydrogen-bond acceptors (Lipinski definition) is 1. The van der Waals surface area contributed by atoms with Crippen LogP contribution in [0.3, 0.4) is 0 Å². The van der Waals surface area contributed by atoms with E-state index in [9.17, 15) is 0 Å². The number of nitrogens with one attached hydrogen (secondary N) is 1. The zero-order valence-corrected chi connectivity index (χ0v) is 20.6. The number of para-hydroxylation sites is 2. The molecule has 1 aromatic heterocycles. The first-order chi connectivity index (χ1) is 18.3. The van der Waals surface area contributed by atoms with Crippen molar-refractivity contribution in [2.75, 3.05) is 12.4 Å². The van der Waals surface area contributed by atoms with Gasteiger partial charge in [-0.1, -0.05) is 103 Å². The highest BCUT2D eigenvalue weighted by Gasteiger charge is 2.18. The summed E-state index contributed by atoms with van der Waals surface area (Å²) < 4.78 is 2.39. The topological polar surface area (TPSA) is 17.0 Å². The molecule has 7 aromatic rings. The first-order valence-electron chi connectivity index (χ1n) is 12.7. The monoisotopic (exact) mass is 474 g/mol. The van der Waals surface area contributed by atoms with Crippen molar-refractivity contribution in [3.05, 3.63) is 133 Å². The summed E-state index contributed by atoms with van der Waals surface area (Å²) in [6.45, 7) is 0. The minimum Gasteiger partial charge on any atom is -0.387 e. The molecular formula is C35H26N2. The van der Waals surface area contributed by atoms with Crippen molar-refractivity contribution in [3.63, 3.8) is 0 Å². The molecule has 0 amide bonds. The van der Waals surface area contributed by atoms with Crippen LogP contribution in [0.2, 0.25) is 0 Å². The molecule has 0 saturated heterocycles. The summed E-state index contributed by atoms with van der Waals surface area (Å²) in [7, 11) is 2.03. The Labute approximate surface area is 216 Å². The van der Waals surface area contributed by atoms with Gasteiger partial charge in [-0.2, -0.15) is 0 Å². The number of rotatable bonds is 4. The van der Waals surface area contributed by atoms with Crippen LogP contribution in [-0.4, -0.2) is 11.6 Å². The van der Waals surface area contributed by atoms with Gasteiger partial charge in [0.25, 0.3) is 0 Å². The molecule has 1 N–H and O–H groups in total. The zero-order chi connectivity index (χ0) is 24.8. The Bertz CT molecular complexity index is 1900. The fourth-order valence-corrected chi connectivity index (χ4v) is 5.73. The molecule has 176 valence electrons. The van der Waals surface area contributed by atoms with E-state index in [0.29, 0.717) is 0 Å². The Kier molecular flexibility index (Phi) is 5.04. The lowest BCUT2D eigenvalue weighted by Crippen LogP contribution is -1.98. The molecule has 1 heterocycles. The van der Waals surface area contributed by atoms with Gasteiger partial charge in [-0.15, -0.1) is 0 Å². The molecule has 0 aliphatic rings. The van der Waals surface area contributed by atoms with Crippen LogP contribution in [0.25, 0.3) is 60.5 Å². The Balaban J connectivity index is 1.59. The molecular weight excluding hydrogens is 448 g/mol. The number of nitrogens with zero attached hydrogens (tertiary/aromatic N) is 1. The predicted molar refractivity (Wildman–Crippen MR) is 159 cm³/mol. The molecule has 0 spiro atoms. The summed E-state index contributed by atoms with van der Waals surface area (Å²) >= 11 is 0. The van der Waals surface area contributed by atoms with E-state index in [-0.39, 0.29) is 0 Å². The quantitative estimate of drug-likeness (QED) is 0.269. The third-order valence-corrected chi connectivity index (χ3v) is 7.36. The van der Waals surface area contributed by atoms with Crippen LogP contribution in [0, 0.1) is 0 Å². The van der Waals surface area contributed by atoms with E-state index in [4.69, 9.17) is 0 Å². The van der Waals surface area contributed by atoms with E-state index in [1.54, 1.807) is 0 Å². The molecule has 0 fully saturated rings. The summed E-state index contributed by atoms with van der Waals surface area (Å²) in [4.78, 5) is 0. The van der Waals surface area contributed by atoms with Gasteiger partial charge in [-0.05, 0) is 52.2 Å². The third kappa shape index (κ3) is 3.41. The number of hydrogen-bond donors (Lipinski definition) is 1. The summed E-state index contributed by atoms with van der Waals surface area (Å²) in [5.41, 5.74) is 9.59. The van der Waals surface area contributed by atoms with Gasteiger partial charge in [0.15, 0.2) is 0 Å². The van der Waals surface area contributed by atoms with Crippen molar-refractivity contribution in [1.29, 1.82) is 0 Å². The Morgan fingerprint density at radius 3 is 1.95 bits per heavy atom. The Hall–Kier alpha value is -4.82. The largest absolute Gasteiger partial charge is 0.387 e. The summed E-state index contributed by atoms with van der Waals surface area (Å²) in [5.74, 6) is 0. The number of benzene rings is 6. The molecule has 0 bridgehead atoms. The van der Waals surface area contributed by atoms with E-state index >= 15 is 0 Å². The van der Waals surface area contributed by atoms with E-state index in [1.165, 1.54) is 60.5 Å². The molecule has 6 aromatic carbocycles. The van der Waals surface area contributed by atoms with Gasteiger partial charge in [0.2, 0.25) is 0 Å². The highest BCUT2D eigenvalue weighted by Crippen LogP contribution is 2.44. The normalized spacial score (nSPS) is 11.4. The van der Waals surface area contributed by atoms with Crippen LogP contribution in [0.5, 0.6) is 0 Å². The minimum absolute atomic E-state index is 1.15. The third-order valence-electron chi connectivity index (χ3n) is 7.36. The number of fused-ring (bicyclic) bond motifs is 4. The average Bonchev–Trinajstić information content (AvgIpc) is 3.30. The molecule has 0 atom stereocenters. The molecule has 0 radical (unpaired) electrons. The molecule has 7 rings (SSSR count). The first-order valence-corrected chi connectivity index (χ1v) is 12.7. The van der Waals surface area contributed by atoms with E-state index in [0.717, 1.165) is 5.69 Å². The van der Waals surface area contributed by atoms with Crippen LogP contribution in [0.15, 0.2) is 133 Å². The second-order valence-corrected chi connectivity index (χ2v) is 9.43. The molecule has 0 aliphatic heterocycles. The smallest absolute Gasteiger partial charge is 0.0547 e. The lowest BCUT2D eigenvalue weighted by atomic mass is 9.90. The highest BCUT2D eigenvalue weighted by molar-refractivity contribution is 6.13. The number of anilines is 1. The van der Waals surface area contributed by atoms with Crippen LogP contribution in [-0.2, 0) is 0 Å². The predicted octanol–water partition coefficient (Wildman–Crippen LogP) is 9.31. The maximum atomic E-state index is 3.57. The summed E-state index contributed by atoms with van der Waals surface area (Å²) in [6.07, 6.45) is 0. The Morgan fingerprint density at radius 1 is 0.514 bits per heavy atom. The maximum absolute atomic E-state index is 3.57. The molecule has 0 aliphatic carbocycles. The molecule has 2 heteroatoms. The lowest BCUT2D eigenvalue weighted by Gasteiger charge is -2.19. The molecule has 0 unspecified atom stereocenters. The molecule has 2 nitrogen and oxygen atoms in total. The second-order valence-electron chi connectivity index (χ2n) is 9.43. The van der Waals surface area contributed by atoms with E-state index in [1.807, 2.05) is 7.05 Å². The van der Waals surface area contributed by atoms with Crippen molar-refractivity contribution >= 4 is 38.3 Å². The van der Waals surface area contributed by atoms with Crippen molar-refractivity contribution < 1.29 is 0 Å². The fraction of sp³-hybridized carbons (Fsp3) is 0.0286. The highest BCUT2D eigenvalue weighted by atomic mass is 15.0. The minimum atomic E-state index is 1.15. The van der Waals surface area contributed by atoms with Gasteiger partial charge in [0.05, 0.1) is 16.7 Å². The van der Waals surface area contributed by atoms with Gasteiger partial charge in [-0.25, -0.2) is 0 Å². The summed E-state index contributed by atoms with van der Waals surface area (Å²) in [5, 5.41) is 8.58. The van der Waals surface area contributed by atoms with Gasteiger partial charge in [0.1, 0.15) is 0 Å². The SMILES string of the molecule is CNc1c(-c2ccccc2)cc2ccccc2c1-c1ccc2c3ccccc3n(-c3ccccc3)c2c1. The van der Waals surface area contributed by atoms with Crippen LogP contribution < -0.4 is 5.32 Å². The van der Waals surface area contributed by atoms with Crippen molar-refractivity contribution in [2.45, 2.75) is 0 Å².